The SMILES string of the molecule is CC(C)C1(c2nc(-c3ccc(Cl)cc3)no2)CCNC1. The number of rotatable bonds is 3. The third kappa shape index (κ3) is 2.23. The quantitative estimate of drug-likeness (QED) is 0.943. The molecule has 0 aliphatic carbocycles. The maximum absolute atomic E-state index is 5.90. The molecular formula is C15H18ClN3O. The van der Waals surface area contributed by atoms with Crippen LogP contribution in [0.4, 0.5) is 0 Å². The van der Waals surface area contributed by atoms with Gasteiger partial charge >= 0.3 is 0 Å². The van der Waals surface area contributed by atoms with Crippen LogP contribution in [-0.4, -0.2) is 23.2 Å². The molecule has 1 atom stereocenters. The van der Waals surface area contributed by atoms with E-state index >= 15 is 0 Å². The molecule has 1 aliphatic rings. The molecule has 1 aromatic carbocycles. The minimum absolute atomic E-state index is 0.0440. The van der Waals surface area contributed by atoms with Gasteiger partial charge in [-0.3, -0.25) is 0 Å². The third-order valence-electron chi connectivity index (χ3n) is 4.25. The van der Waals surface area contributed by atoms with E-state index in [9.17, 15) is 0 Å². The van der Waals surface area contributed by atoms with Gasteiger partial charge in [0.2, 0.25) is 11.7 Å². The second-order valence-electron chi connectivity index (χ2n) is 5.67. The standard InChI is InChI=1S/C15H18ClN3O/c1-10(2)15(7-8-17-9-15)14-18-13(19-20-14)11-3-5-12(16)6-4-11/h3-6,10,17H,7-9H2,1-2H3. The van der Waals surface area contributed by atoms with Crippen molar-refractivity contribution >= 4 is 11.6 Å². The molecule has 5 heteroatoms. The van der Waals surface area contributed by atoms with E-state index in [2.05, 4.69) is 29.3 Å². The fourth-order valence-corrected chi connectivity index (χ4v) is 2.90. The van der Waals surface area contributed by atoms with E-state index in [1.54, 1.807) is 0 Å². The second-order valence-corrected chi connectivity index (χ2v) is 6.10. The van der Waals surface area contributed by atoms with Crippen LogP contribution in [0.1, 0.15) is 26.2 Å². The molecule has 1 aliphatic heterocycles. The van der Waals surface area contributed by atoms with E-state index in [0.29, 0.717) is 16.8 Å². The number of hydrogen-bond acceptors (Lipinski definition) is 4. The number of nitrogens with one attached hydrogen (secondary N) is 1. The molecule has 1 saturated heterocycles. The van der Waals surface area contributed by atoms with E-state index in [-0.39, 0.29) is 5.41 Å². The Bertz CT molecular complexity index is 585. The molecule has 4 nitrogen and oxygen atoms in total. The number of hydrogen-bond donors (Lipinski definition) is 1. The smallest absolute Gasteiger partial charge is 0.234 e. The van der Waals surface area contributed by atoms with Gasteiger partial charge in [0.05, 0.1) is 5.41 Å². The van der Waals surface area contributed by atoms with Crippen molar-refractivity contribution in [2.24, 2.45) is 5.92 Å². The number of nitrogens with zero attached hydrogens (tertiary/aromatic N) is 2. The number of aromatic nitrogens is 2. The Balaban J connectivity index is 1.95. The molecule has 1 N–H and O–H groups in total. The minimum Gasteiger partial charge on any atom is -0.338 e. The maximum Gasteiger partial charge on any atom is 0.234 e. The van der Waals surface area contributed by atoms with Crippen molar-refractivity contribution < 1.29 is 4.52 Å². The van der Waals surface area contributed by atoms with Gasteiger partial charge in [0, 0.05) is 17.1 Å². The van der Waals surface area contributed by atoms with Crippen LogP contribution in [0, 0.1) is 5.92 Å². The summed E-state index contributed by atoms with van der Waals surface area (Å²) in [6, 6.07) is 7.49. The van der Waals surface area contributed by atoms with Crippen molar-refractivity contribution in [3.05, 3.63) is 35.2 Å². The first-order valence-corrected chi connectivity index (χ1v) is 7.30. The van der Waals surface area contributed by atoms with Gasteiger partial charge in [-0.05, 0) is 43.1 Å². The lowest BCUT2D eigenvalue weighted by molar-refractivity contribution is 0.234. The first-order chi connectivity index (χ1) is 9.62. The zero-order valence-corrected chi connectivity index (χ0v) is 12.4. The molecule has 1 unspecified atom stereocenters. The molecule has 0 radical (unpaired) electrons. The molecule has 0 amide bonds. The Labute approximate surface area is 123 Å². The summed E-state index contributed by atoms with van der Waals surface area (Å²) in [5.41, 5.74) is 0.881. The van der Waals surface area contributed by atoms with Crippen LogP contribution in [0.5, 0.6) is 0 Å². The van der Waals surface area contributed by atoms with Gasteiger partial charge in [0.15, 0.2) is 0 Å². The summed E-state index contributed by atoms with van der Waals surface area (Å²) in [7, 11) is 0. The van der Waals surface area contributed by atoms with Gasteiger partial charge in [-0.2, -0.15) is 4.98 Å². The predicted octanol–water partition coefficient (Wildman–Crippen LogP) is 3.28. The highest BCUT2D eigenvalue weighted by atomic mass is 35.5. The minimum atomic E-state index is -0.0440. The van der Waals surface area contributed by atoms with Gasteiger partial charge in [-0.25, -0.2) is 0 Å². The molecule has 0 spiro atoms. The van der Waals surface area contributed by atoms with Crippen LogP contribution in [0.25, 0.3) is 11.4 Å². The highest BCUT2D eigenvalue weighted by molar-refractivity contribution is 6.30. The Morgan fingerprint density at radius 2 is 2.05 bits per heavy atom. The number of benzene rings is 1. The molecule has 2 aromatic rings. The van der Waals surface area contributed by atoms with Crippen molar-refractivity contribution in [1.82, 2.24) is 15.5 Å². The zero-order chi connectivity index (χ0) is 14.2. The van der Waals surface area contributed by atoms with Crippen molar-refractivity contribution in [2.75, 3.05) is 13.1 Å². The highest BCUT2D eigenvalue weighted by Crippen LogP contribution is 2.37. The summed E-state index contributed by atoms with van der Waals surface area (Å²) in [5, 5.41) is 8.24. The average Bonchev–Trinajstić information content (AvgIpc) is 3.09. The fourth-order valence-electron chi connectivity index (χ4n) is 2.78. The van der Waals surface area contributed by atoms with Gasteiger partial charge in [0.25, 0.3) is 0 Å². The largest absolute Gasteiger partial charge is 0.338 e. The first kappa shape index (κ1) is 13.6. The van der Waals surface area contributed by atoms with Gasteiger partial charge in [-0.1, -0.05) is 30.6 Å². The van der Waals surface area contributed by atoms with Crippen LogP contribution in [-0.2, 0) is 5.41 Å². The van der Waals surface area contributed by atoms with Gasteiger partial charge < -0.3 is 9.84 Å². The number of halogens is 1. The Kier molecular flexibility index (Phi) is 3.52. The van der Waals surface area contributed by atoms with Crippen LogP contribution in [0.15, 0.2) is 28.8 Å². The van der Waals surface area contributed by atoms with Crippen molar-refractivity contribution in [1.29, 1.82) is 0 Å². The molecule has 1 aromatic heterocycles. The lowest BCUT2D eigenvalue weighted by atomic mass is 9.76. The van der Waals surface area contributed by atoms with Crippen molar-refractivity contribution in [2.45, 2.75) is 25.7 Å². The molecule has 0 saturated carbocycles. The lowest BCUT2D eigenvalue weighted by Crippen LogP contribution is -2.35. The Morgan fingerprint density at radius 1 is 1.30 bits per heavy atom. The van der Waals surface area contributed by atoms with Crippen LogP contribution >= 0.6 is 11.6 Å². The summed E-state index contributed by atoms with van der Waals surface area (Å²) in [4.78, 5) is 4.62. The van der Waals surface area contributed by atoms with E-state index < -0.39 is 0 Å². The second kappa shape index (κ2) is 5.19. The fraction of sp³-hybridized carbons (Fsp3) is 0.467. The Morgan fingerprint density at radius 3 is 2.65 bits per heavy atom. The summed E-state index contributed by atoms with van der Waals surface area (Å²) >= 11 is 5.90. The summed E-state index contributed by atoms with van der Waals surface area (Å²) in [6.45, 7) is 6.31. The van der Waals surface area contributed by atoms with Crippen molar-refractivity contribution in [3.63, 3.8) is 0 Å². The Hall–Kier alpha value is -1.39. The van der Waals surface area contributed by atoms with E-state index in [1.807, 2.05) is 24.3 Å². The molecule has 2 heterocycles. The molecule has 3 rings (SSSR count). The van der Waals surface area contributed by atoms with E-state index in [1.165, 1.54) is 0 Å². The third-order valence-corrected chi connectivity index (χ3v) is 4.50. The lowest BCUT2D eigenvalue weighted by Gasteiger charge is -2.27. The van der Waals surface area contributed by atoms with Gasteiger partial charge in [0.1, 0.15) is 0 Å². The first-order valence-electron chi connectivity index (χ1n) is 6.93. The molecule has 106 valence electrons. The highest BCUT2D eigenvalue weighted by Gasteiger charge is 2.43. The van der Waals surface area contributed by atoms with Crippen LogP contribution < -0.4 is 5.32 Å². The van der Waals surface area contributed by atoms with Crippen molar-refractivity contribution in [3.8, 4) is 11.4 Å². The zero-order valence-electron chi connectivity index (χ0n) is 11.7. The molecular weight excluding hydrogens is 274 g/mol. The topological polar surface area (TPSA) is 51.0 Å². The monoisotopic (exact) mass is 291 g/mol. The summed E-state index contributed by atoms with van der Waals surface area (Å²) in [6.07, 6.45) is 1.03. The normalized spacial score (nSPS) is 22.6. The molecule has 20 heavy (non-hydrogen) atoms. The van der Waals surface area contributed by atoms with Crippen LogP contribution in [0.3, 0.4) is 0 Å². The average molecular weight is 292 g/mol. The predicted molar refractivity (Wildman–Crippen MR) is 78.7 cm³/mol. The van der Waals surface area contributed by atoms with Gasteiger partial charge in [-0.15, -0.1) is 0 Å². The summed E-state index contributed by atoms with van der Waals surface area (Å²) < 4.78 is 5.56. The maximum atomic E-state index is 5.90. The molecule has 0 bridgehead atoms. The van der Waals surface area contributed by atoms with Crippen LogP contribution in [0.2, 0.25) is 5.02 Å². The van der Waals surface area contributed by atoms with E-state index in [0.717, 1.165) is 31.0 Å². The molecule has 1 fully saturated rings. The summed E-state index contributed by atoms with van der Waals surface area (Å²) in [5.74, 6) is 1.82. The van der Waals surface area contributed by atoms with E-state index in [4.69, 9.17) is 16.1 Å².